The van der Waals surface area contributed by atoms with Crippen molar-refractivity contribution in [3.8, 4) is 22.8 Å². The van der Waals surface area contributed by atoms with Crippen molar-refractivity contribution in [2.45, 2.75) is 0 Å². The van der Waals surface area contributed by atoms with Crippen molar-refractivity contribution in [1.82, 2.24) is 4.98 Å². The number of halogens is 1. The highest BCUT2D eigenvalue weighted by molar-refractivity contribution is 7.14. The molecule has 0 unspecified atom stereocenters. The van der Waals surface area contributed by atoms with Gasteiger partial charge in [-0.25, -0.2) is 9.37 Å². The summed E-state index contributed by atoms with van der Waals surface area (Å²) in [6.07, 6.45) is 0. The number of carbonyl (C=O) groups is 2. The fourth-order valence-corrected chi connectivity index (χ4v) is 3.76. The van der Waals surface area contributed by atoms with Crippen LogP contribution in [-0.2, 0) is 4.79 Å². The summed E-state index contributed by atoms with van der Waals surface area (Å²) in [5, 5.41) is 7.74. The second-order valence-electron chi connectivity index (χ2n) is 7.07. The van der Waals surface area contributed by atoms with Crippen molar-refractivity contribution in [2.24, 2.45) is 0 Å². The second-order valence-corrected chi connectivity index (χ2v) is 7.93. The topological polar surface area (TPSA) is 89.6 Å². The van der Waals surface area contributed by atoms with Crippen molar-refractivity contribution >= 4 is 34.0 Å². The number of anilines is 2. The first-order valence-corrected chi connectivity index (χ1v) is 11.1. The molecule has 7 nitrogen and oxygen atoms in total. The van der Waals surface area contributed by atoms with E-state index in [4.69, 9.17) is 9.47 Å². The van der Waals surface area contributed by atoms with Gasteiger partial charge in [-0.05, 0) is 42.5 Å². The van der Waals surface area contributed by atoms with E-state index in [0.29, 0.717) is 27.9 Å². The number of rotatable bonds is 8. The summed E-state index contributed by atoms with van der Waals surface area (Å²) in [7, 11) is 1.44. The lowest BCUT2D eigenvalue weighted by Crippen LogP contribution is -2.20. The van der Waals surface area contributed by atoms with E-state index in [0.717, 1.165) is 11.3 Å². The Morgan fingerprint density at radius 1 is 0.971 bits per heavy atom. The molecule has 0 aliphatic rings. The van der Waals surface area contributed by atoms with Crippen LogP contribution in [0, 0.1) is 5.82 Å². The molecule has 2 amide bonds. The minimum atomic E-state index is -0.423. The number of aromatic nitrogens is 1. The summed E-state index contributed by atoms with van der Waals surface area (Å²) in [5.41, 5.74) is 2.54. The van der Waals surface area contributed by atoms with Crippen molar-refractivity contribution in [3.05, 3.63) is 89.6 Å². The molecule has 0 fully saturated rings. The smallest absolute Gasteiger partial charge is 0.262 e. The minimum absolute atomic E-state index is 0.291. The lowest BCUT2D eigenvalue weighted by atomic mass is 10.2. The van der Waals surface area contributed by atoms with Crippen LogP contribution in [0.3, 0.4) is 0 Å². The molecule has 3 aromatic carbocycles. The van der Waals surface area contributed by atoms with Gasteiger partial charge in [0.25, 0.3) is 11.8 Å². The number of methoxy groups -OCH3 is 1. The molecule has 4 rings (SSSR count). The minimum Gasteiger partial charge on any atom is -0.493 e. The highest BCUT2D eigenvalue weighted by atomic mass is 32.1. The van der Waals surface area contributed by atoms with Crippen molar-refractivity contribution in [3.63, 3.8) is 0 Å². The van der Waals surface area contributed by atoms with E-state index >= 15 is 0 Å². The maximum absolute atomic E-state index is 13.0. The molecule has 0 saturated heterocycles. The number of thiazole rings is 1. The number of benzene rings is 3. The van der Waals surface area contributed by atoms with Gasteiger partial charge in [0, 0.05) is 22.2 Å². The zero-order valence-corrected chi connectivity index (χ0v) is 18.9. The van der Waals surface area contributed by atoms with Crippen molar-refractivity contribution in [1.29, 1.82) is 0 Å². The summed E-state index contributed by atoms with van der Waals surface area (Å²) >= 11 is 1.33. The summed E-state index contributed by atoms with van der Waals surface area (Å²) in [4.78, 5) is 29.3. The Kier molecular flexibility index (Phi) is 7.14. The Bertz CT molecular complexity index is 1290. The average Bonchev–Trinajstić information content (AvgIpc) is 3.33. The first-order valence-electron chi connectivity index (χ1n) is 10.2. The van der Waals surface area contributed by atoms with Gasteiger partial charge in [-0.3, -0.25) is 14.9 Å². The predicted molar refractivity (Wildman–Crippen MR) is 129 cm³/mol. The Morgan fingerprint density at radius 2 is 1.74 bits per heavy atom. The predicted octanol–water partition coefficient (Wildman–Crippen LogP) is 5.23. The lowest BCUT2D eigenvalue weighted by molar-refractivity contribution is -0.118. The van der Waals surface area contributed by atoms with Gasteiger partial charge in [0.1, 0.15) is 5.82 Å². The number of hydrogen-bond donors (Lipinski definition) is 2. The molecule has 9 heteroatoms. The summed E-state index contributed by atoms with van der Waals surface area (Å²) in [6.45, 7) is -0.291. The van der Waals surface area contributed by atoms with Gasteiger partial charge < -0.3 is 14.8 Å². The number of nitrogens with one attached hydrogen (secondary N) is 2. The zero-order valence-electron chi connectivity index (χ0n) is 18.1. The second kappa shape index (κ2) is 10.6. The van der Waals surface area contributed by atoms with E-state index in [1.54, 1.807) is 12.1 Å². The van der Waals surface area contributed by atoms with Gasteiger partial charge in [0.05, 0.1) is 12.8 Å². The molecule has 0 radical (unpaired) electrons. The average molecular weight is 478 g/mol. The van der Waals surface area contributed by atoms with Crippen LogP contribution in [0.25, 0.3) is 11.3 Å². The van der Waals surface area contributed by atoms with E-state index in [1.165, 1.54) is 48.8 Å². The summed E-state index contributed by atoms with van der Waals surface area (Å²) in [6, 6.07) is 19.7. The van der Waals surface area contributed by atoms with E-state index < -0.39 is 11.7 Å². The maximum Gasteiger partial charge on any atom is 0.262 e. The molecule has 0 aliphatic heterocycles. The Hall–Kier alpha value is -4.24. The first-order chi connectivity index (χ1) is 16.5. The number of carbonyl (C=O) groups excluding carboxylic acids is 2. The monoisotopic (exact) mass is 477 g/mol. The third kappa shape index (κ3) is 5.76. The summed E-state index contributed by atoms with van der Waals surface area (Å²) < 4.78 is 23.8. The van der Waals surface area contributed by atoms with Gasteiger partial charge in [-0.1, -0.05) is 30.3 Å². The third-order valence-corrected chi connectivity index (χ3v) is 5.46. The molecular weight excluding hydrogens is 457 g/mol. The maximum atomic E-state index is 13.0. The SMILES string of the molecule is COc1cc(C(=O)Nc2nc(-c3ccccc3)cs2)ccc1OCC(=O)Nc1ccc(F)cc1. The molecule has 0 bridgehead atoms. The van der Waals surface area contributed by atoms with Crippen LogP contribution in [-0.4, -0.2) is 30.5 Å². The van der Waals surface area contributed by atoms with Crippen LogP contribution in [0.4, 0.5) is 15.2 Å². The van der Waals surface area contributed by atoms with Crippen molar-refractivity contribution < 1.29 is 23.5 Å². The molecule has 4 aromatic rings. The molecule has 0 saturated carbocycles. The number of nitrogens with zero attached hydrogens (tertiary/aromatic N) is 1. The molecule has 1 aromatic heterocycles. The number of amides is 2. The molecule has 2 N–H and O–H groups in total. The standard InChI is InChI=1S/C25H20FN3O4S/c1-32-22-13-17(24(31)29-25-28-20(15-34-25)16-5-3-2-4-6-16)7-12-21(22)33-14-23(30)27-19-10-8-18(26)9-11-19/h2-13,15H,14H2,1H3,(H,27,30)(H,28,29,31). The Labute approximate surface area is 199 Å². The fraction of sp³-hybridized carbons (Fsp3) is 0.0800. The molecule has 0 aliphatic carbocycles. The van der Waals surface area contributed by atoms with Crippen LogP contribution in [0.2, 0.25) is 0 Å². The van der Waals surface area contributed by atoms with Crippen LogP contribution in [0.15, 0.2) is 78.2 Å². The van der Waals surface area contributed by atoms with Crippen LogP contribution in [0.5, 0.6) is 11.5 Å². The van der Waals surface area contributed by atoms with Gasteiger partial charge >= 0.3 is 0 Å². The van der Waals surface area contributed by atoms with Crippen LogP contribution >= 0.6 is 11.3 Å². The highest BCUT2D eigenvalue weighted by Crippen LogP contribution is 2.29. The lowest BCUT2D eigenvalue weighted by Gasteiger charge is -2.12. The molecule has 172 valence electrons. The largest absolute Gasteiger partial charge is 0.493 e. The van der Waals surface area contributed by atoms with Gasteiger partial charge in [0.15, 0.2) is 23.2 Å². The Morgan fingerprint density at radius 3 is 2.47 bits per heavy atom. The molecule has 34 heavy (non-hydrogen) atoms. The first kappa shape index (κ1) is 22.9. The van der Waals surface area contributed by atoms with Crippen LogP contribution < -0.4 is 20.1 Å². The molecule has 0 atom stereocenters. The van der Waals surface area contributed by atoms with E-state index in [2.05, 4.69) is 15.6 Å². The van der Waals surface area contributed by atoms with Crippen LogP contribution in [0.1, 0.15) is 10.4 Å². The number of ether oxygens (including phenoxy) is 2. The highest BCUT2D eigenvalue weighted by Gasteiger charge is 2.14. The number of hydrogen-bond acceptors (Lipinski definition) is 6. The quantitative estimate of drug-likeness (QED) is 0.363. The van der Waals surface area contributed by atoms with E-state index in [1.807, 2.05) is 35.7 Å². The third-order valence-electron chi connectivity index (χ3n) is 4.71. The van der Waals surface area contributed by atoms with Crippen molar-refractivity contribution in [2.75, 3.05) is 24.4 Å². The molecule has 0 spiro atoms. The van der Waals surface area contributed by atoms with Gasteiger partial charge in [-0.2, -0.15) is 0 Å². The zero-order chi connectivity index (χ0) is 23.9. The molecule has 1 heterocycles. The van der Waals surface area contributed by atoms with Gasteiger partial charge in [0.2, 0.25) is 0 Å². The fourth-order valence-electron chi connectivity index (χ4n) is 3.04. The Balaban J connectivity index is 1.37. The van der Waals surface area contributed by atoms with Gasteiger partial charge in [-0.15, -0.1) is 11.3 Å². The molecular formula is C25H20FN3O4S. The van der Waals surface area contributed by atoms with E-state index in [9.17, 15) is 14.0 Å². The van der Waals surface area contributed by atoms with E-state index in [-0.39, 0.29) is 12.5 Å². The summed E-state index contributed by atoms with van der Waals surface area (Å²) in [5.74, 6) is -0.573. The normalized spacial score (nSPS) is 10.4.